The van der Waals surface area contributed by atoms with Crippen molar-refractivity contribution in [3.8, 4) is 11.4 Å². The normalized spacial score (nSPS) is 14.7. The second-order valence-electron chi connectivity index (χ2n) is 7.25. The number of thioether (sulfide) groups is 1. The van der Waals surface area contributed by atoms with Gasteiger partial charge in [-0.05, 0) is 18.4 Å². The van der Waals surface area contributed by atoms with Crippen LogP contribution in [0, 0.1) is 0 Å². The Morgan fingerprint density at radius 2 is 1.61 bits per heavy atom. The summed E-state index contributed by atoms with van der Waals surface area (Å²) in [6, 6.07) is 21.3. The summed E-state index contributed by atoms with van der Waals surface area (Å²) < 4.78 is 2.28. The monoisotopic (exact) mass is 386 g/mol. The van der Waals surface area contributed by atoms with E-state index in [0.29, 0.717) is 6.04 Å². The highest BCUT2D eigenvalue weighted by atomic mass is 32.2. The molecule has 1 aliphatic carbocycles. The molecule has 2 heterocycles. The van der Waals surface area contributed by atoms with Crippen LogP contribution >= 0.6 is 11.8 Å². The van der Waals surface area contributed by atoms with E-state index in [1.165, 1.54) is 31.2 Å². The maximum absolute atomic E-state index is 4.94. The Labute approximate surface area is 169 Å². The van der Waals surface area contributed by atoms with Gasteiger partial charge in [0, 0.05) is 17.4 Å². The van der Waals surface area contributed by atoms with E-state index in [-0.39, 0.29) is 0 Å². The summed E-state index contributed by atoms with van der Waals surface area (Å²) in [5.41, 5.74) is 4.23. The fourth-order valence-electron chi connectivity index (χ4n) is 3.88. The van der Waals surface area contributed by atoms with Crippen molar-refractivity contribution >= 4 is 22.9 Å². The van der Waals surface area contributed by atoms with Crippen molar-refractivity contribution in [2.24, 2.45) is 0 Å². The molecule has 0 radical (unpaired) electrons. The zero-order chi connectivity index (χ0) is 18.8. The van der Waals surface area contributed by atoms with Crippen LogP contribution in [0.3, 0.4) is 0 Å². The van der Waals surface area contributed by atoms with E-state index in [1.807, 2.05) is 30.6 Å². The van der Waals surface area contributed by atoms with Crippen molar-refractivity contribution in [2.45, 2.75) is 42.5 Å². The first-order valence-electron chi connectivity index (χ1n) is 9.85. The average Bonchev–Trinajstić information content (AvgIpc) is 3.43. The lowest BCUT2D eigenvalue weighted by Crippen LogP contribution is -2.05. The molecule has 5 heteroatoms. The molecular weight excluding hydrogens is 364 g/mol. The van der Waals surface area contributed by atoms with E-state index in [1.54, 1.807) is 11.8 Å². The van der Waals surface area contributed by atoms with Gasteiger partial charge < -0.3 is 4.57 Å². The predicted molar refractivity (Wildman–Crippen MR) is 114 cm³/mol. The van der Waals surface area contributed by atoms with Crippen LogP contribution < -0.4 is 0 Å². The average molecular weight is 387 g/mol. The summed E-state index contributed by atoms with van der Waals surface area (Å²) in [6.07, 6.45) is 6.97. The van der Waals surface area contributed by atoms with Crippen LogP contribution in [-0.4, -0.2) is 19.5 Å². The lowest BCUT2D eigenvalue weighted by Gasteiger charge is -2.13. The minimum Gasteiger partial charge on any atom is -0.312 e. The minimum absolute atomic E-state index is 0.510. The third-order valence-corrected chi connectivity index (χ3v) is 6.39. The van der Waals surface area contributed by atoms with E-state index < -0.39 is 0 Å². The maximum Gasteiger partial charge on any atom is 0.165 e. The summed E-state index contributed by atoms with van der Waals surface area (Å²) in [5, 5.41) is 0.962. The van der Waals surface area contributed by atoms with E-state index in [0.717, 1.165) is 33.3 Å². The largest absolute Gasteiger partial charge is 0.312 e. The third-order valence-electron chi connectivity index (χ3n) is 5.36. The Bertz CT molecular complexity index is 1070. The summed E-state index contributed by atoms with van der Waals surface area (Å²) in [7, 11) is 0. The van der Waals surface area contributed by atoms with Crippen molar-refractivity contribution in [1.82, 2.24) is 19.5 Å². The molecule has 0 saturated heterocycles. The molecule has 0 amide bonds. The van der Waals surface area contributed by atoms with Crippen LogP contribution in [0.5, 0.6) is 0 Å². The number of benzene rings is 2. The summed E-state index contributed by atoms with van der Waals surface area (Å²) in [5.74, 6) is 1.65. The number of imidazole rings is 1. The van der Waals surface area contributed by atoms with Crippen molar-refractivity contribution in [3.05, 3.63) is 72.6 Å². The molecule has 0 bridgehead atoms. The van der Waals surface area contributed by atoms with E-state index in [9.17, 15) is 0 Å². The van der Waals surface area contributed by atoms with Crippen LogP contribution in [-0.2, 0) is 5.75 Å². The quantitative estimate of drug-likeness (QED) is 0.316. The molecule has 0 aliphatic heterocycles. The Balaban J connectivity index is 1.58. The first-order chi connectivity index (χ1) is 13.9. The van der Waals surface area contributed by atoms with E-state index in [2.05, 4.69) is 41.0 Å². The van der Waals surface area contributed by atoms with Gasteiger partial charge in [0.1, 0.15) is 10.5 Å². The fourth-order valence-corrected chi connectivity index (χ4v) is 4.81. The zero-order valence-electron chi connectivity index (χ0n) is 15.7. The predicted octanol–water partition coefficient (Wildman–Crippen LogP) is 5.90. The Hall–Kier alpha value is -2.66. The Morgan fingerprint density at radius 1 is 0.893 bits per heavy atom. The summed E-state index contributed by atoms with van der Waals surface area (Å²) in [6.45, 7) is 0. The molecule has 0 unspecified atom stereocenters. The second-order valence-corrected chi connectivity index (χ2v) is 8.22. The van der Waals surface area contributed by atoms with Gasteiger partial charge in [-0.3, -0.25) is 0 Å². The standard InChI is InChI=1S/C23H22N4S/c1-3-9-17(10-4-1)15-28-23-20-22(27(16-24-20)19-13-7-8-14-19)25-21(26-23)18-11-5-2-6-12-18/h1-6,9-12,16,19H,7-8,13-15H2. The molecule has 4 nitrogen and oxygen atoms in total. The van der Waals surface area contributed by atoms with Crippen LogP contribution in [0.15, 0.2) is 72.0 Å². The molecule has 4 aromatic rings. The number of rotatable bonds is 5. The van der Waals surface area contributed by atoms with Crippen molar-refractivity contribution in [2.75, 3.05) is 0 Å². The first-order valence-corrected chi connectivity index (χ1v) is 10.8. The molecule has 5 rings (SSSR count). The van der Waals surface area contributed by atoms with Gasteiger partial charge in [-0.1, -0.05) is 85.3 Å². The molecule has 1 aliphatic rings. The van der Waals surface area contributed by atoms with E-state index >= 15 is 0 Å². The number of hydrogen-bond donors (Lipinski definition) is 0. The topological polar surface area (TPSA) is 43.6 Å². The molecule has 0 N–H and O–H groups in total. The SMILES string of the molecule is c1ccc(CSc2nc(-c3ccccc3)nc3c2ncn3C2CCCC2)cc1. The lowest BCUT2D eigenvalue weighted by atomic mass is 10.2. The van der Waals surface area contributed by atoms with Gasteiger partial charge in [-0.25, -0.2) is 15.0 Å². The molecule has 0 atom stereocenters. The smallest absolute Gasteiger partial charge is 0.165 e. The van der Waals surface area contributed by atoms with Gasteiger partial charge in [-0.15, -0.1) is 0 Å². The second kappa shape index (κ2) is 7.76. The third kappa shape index (κ3) is 3.42. The van der Waals surface area contributed by atoms with Crippen LogP contribution in [0.2, 0.25) is 0 Å². The number of hydrogen-bond acceptors (Lipinski definition) is 4. The van der Waals surface area contributed by atoms with Gasteiger partial charge in [0.05, 0.1) is 6.33 Å². The molecule has 28 heavy (non-hydrogen) atoms. The number of fused-ring (bicyclic) bond motifs is 1. The minimum atomic E-state index is 0.510. The summed E-state index contributed by atoms with van der Waals surface area (Å²) >= 11 is 1.74. The molecule has 0 spiro atoms. The summed E-state index contributed by atoms with van der Waals surface area (Å²) in [4.78, 5) is 14.6. The van der Waals surface area contributed by atoms with Crippen molar-refractivity contribution in [3.63, 3.8) is 0 Å². The number of aromatic nitrogens is 4. The number of nitrogens with zero attached hydrogens (tertiary/aromatic N) is 4. The molecule has 1 saturated carbocycles. The van der Waals surface area contributed by atoms with Gasteiger partial charge in [0.15, 0.2) is 11.5 Å². The molecule has 1 fully saturated rings. The van der Waals surface area contributed by atoms with Crippen molar-refractivity contribution < 1.29 is 0 Å². The first kappa shape index (κ1) is 17.4. The zero-order valence-corrected chi connectivity index (χ0v) is 16.5. The van der Waals surface area contributed by atoms with Gasteiger partial charge in [0.25, 0.3) is 0 Å². The van der Waals surface area contributed by atoms with Crippen LogP contribution in [0.25, 0.3) is 22.6 Å². The van der Waals surface area contributed by atoms with E-state index in [4.69, 9.17) is 15.0 Å². The molecule has 2 aromatic carbocycles. The highest BCUT2D eigenvalue weighted by Gasteiger charge is 2.22. The van der Waals surface area contributed by atoms with Crippen LogP contribution in [0.1, 0.15) is 37.3 Å². The Kier molecular flexibility index (Phi) is 4.83. The van der Waals surface area contributed by atoms with Gasteiger partial charge in [-0.2, -0.15) is 0 Å². The molecule has 140 valence electrons. The van der Waals surface area contributed by atoms with Crippen LogP contribution in [0.4, 0.5) is 0 Å². The highest BCUT2D eigenvalue weighted by Crippen LogP contribution is 2.35. The van der Waals surface area contributed by atoms with Gasteiger partial charge in [0.2, 0.25) is 0 Å². The molecular formula is C23H22N4S. The van der Waals surface area contributed by atoms with Crippen molar-refractivity contribution in [1.29, 1.82) is 0 Å². The maximum atomic E-state index is 4.94. The lowest BCUT2D eigenvalue weighted by molar-refractivity contribution is 0.529. The molecule has 2 aromatic heterocycles. The van der Waals surface area contributed by atoms with Gasteiger partial charge >= 0.3 is 0 Å². The highest BCUT2D eigenvalue weighted by molar-refractivity contribution is 7.98. The Morgan fingerprint density at radius 3 is 2.36 bits per heavy atom. The fraction of sp³-hybridized carbons (Fsp3) is 0.261.